The van der Waals surface area contributed by atoms with Crippen LogP contribution in [0.4, 0.5) is 13.2 Å². The molecule has 1 amide bonds. The number of carbonyl (C=O) groups is 2. The summed E-state index contributed by atoms with van der Waals surface area (Å²) in [6, 6.07) is 2.94. The molecule has 9 heteroatoms. The van der Waals surface area contributed by atoms with Gasteiger partial charge >= 0.3 is 12.1 Å². The minimum absolute atomic E-state index is 0.0212. The Kier molecular flexibility index (Phi) is 7.74. The standard InChI is InChI=1S/C21H28F3NO5/c1-5-28-19(27)20(8-6-7-9-20)30-25(4)18(26)12-17-14(2)10-16(11-15(17)3)29-13-21(22,23)24/h10-11H,5-9,12-13H2,1-4H3. The Labute approximate surface area is 174 Å². The number of aryl methyl sites for hydroxylation is 2. The molecule has 0 radical (unpaired) electrons. The molecule has 0 aliphatic heterocycles. The molecule has 1 fully saturated rings. The van der Waals surface area contributed by atoms with Crippen LogP contribution in [-0.2, 0) is 25.6 Å². The molecule has 6 nitrogen and oxygen atoms in total. The first kappa shape index (κ1) is 24.0. The van der Waals surface area contributed by atoms with E-state index in [0.717, 1.165) is 17.9 Å². The van der Waals surface area contributed by atoms with Crippen molar-refractivity contribution in [2.75, 3.05) is 20.3 Å². The van der Waals surface area contributed by atoms with Crippen LogP contribution in [0.3, 0.4) is 0 Å². The second-order valence-corrected chi connectivity index (χ2v) is 7.52. The molecule has 1 aliphatic rings. The lowest BCUT2D eigenvalue weighted by Crippen LogP contribution is -2.47. The third kappa shape index (κ3) is 6.10. The van der Waals surface area contributed by atoms with Crippen LogP contribution in [0, 0.1) is 13.8 Å². The van der Waals surface area contributed by atoms with Gasteiger partial charge in [0.15, 0.2) is 12.2 Å². The van der Waals surface area contributed by atoms with Crippen LogP contribution in [0.5, 0.6) is 5.75 Å². The van der Waals surface area contributed by atoms with Crippen molar-refractivity contribution in [3.63, 3.8) is 0 Å². The number of rotatable bonds is 8. The third-order valence-corrected chi connectivity index (χ3v) is 5.12. The number of nitrogens with zero attached hydrogens (tertiary/aromatic N) is 1. The molecule has 1 aromatic rings. The number of likely N-dealkylation sites (N-methyl/N-ethyl adjacent to an activating group) is 1. The SMILES string of the molecule is CCOC(=O)C1(ON(C)C(=O)Cc2c(C)cc(OCC(F)(F)F)cc2C)CCCC1. The highest BCUT2D eigenvalue weighted by molar-refractivity contribution is 5.81. The summed E-state index contributed by atoms with van der Waals surface area (Å²) in [6.07, 6.45) is -1.88. The molecule has 1 aromatic carbocycles. The number of hydroxylamine groups is 2. The minimum Gasteiger partial charge on any atom is -0.484 e. The van der Waals surface area contributed by atoms with Crippen LogP contribution in [-0.4, -0.2) is 49.0 Å². The highest BCUT2D eigenvalue weighted by Crippen LogP contribution is 2.35. The van der Waals surface area contributed by atoms with Gasteiger partial charge < -0.3 is 9.47 Å². The van der Waals surface area contributed by atoms with Crippen molar-refractivity contribution < 1.29 is 37.1 Å². The predicted octanol–water partition coefficient (Wildman–Crippen LogP) is 4.05. The normalized spacial score (nSPS) is 15.7. The number of hydrogen-bond acceptors (Lipinski definition) is 5. The van der Waals surface area contributed by atoms with Gasteiger partial charge in [0.1, 0.15) is 5.75 Å². The molecule has 0 saturated heterocycles. The number of hydrogen-bond donors (Lipinski definition) is 0. The van der Waals surface area contributed by atoms with E-state index in [0.29, 0.717) is 29.5 Å². The largest absolute Gasteiger partial charge is 0.484 e. The van der Waals surface area contributed by atoms with Gasteiger partial charge in [-0.1, -0.05) is 0 Å². The van der Waals surface area contributed by atoms with E-state index in [4.69, 9.17) is 14.3 Å². The lowest BCUT2D eigenvalue weighted by atomic mass is 9.99. The van der Waals surface area contributed by atoms with Gasteiger partial charge in [-0.2, -0.15) is 13.2 Å². The molecule has 0 atom stereocenters. The van der Waals surface area contributed by atoms with Gasteiger partial charge in [0, 0.05) is 7.05 Å². The molecule has 0 heterocycles. The summed E-state index contributed by atoms with van der Waals surface area (Å²) in [5.41, 5.74) is 0.788. The monoisotopic (exact) mass is 431 g/mol. The summed E-state index contributed by atoms with van der Waals surface area (Å²) in [5.74, 6) is -0.753. The molecule has 0 bridgehead atoms. The van der Waals surface area contributed by atoms with Gasteiger partial charge in [-0.05, 0) is 75.3 Å². The molecule has 0 aromatic heterocycles. The molecule has 1 saturated carbocycles. The Morgan fingerprint density at radius 3 is 2.20 bits per heavy atom. The molecule has 0 N–H and O–H groups in total. The average Bonchev–Trinajstić information content (AvgIpc) is 3.12. The van der Waals surface area contributed by atoms with Crippen LogP contribution in [0.2, 0.25) is 0 Å². The van der Waals surface area contributed by atoms with Crippen LogP contribution >= 0.6 is 0 Å². The Balaban J connectivity index is 2.08. The van der Waals surface area contributed by atoms with Gasteiger partial charge in [0.2, 0.25) is 5.91 Å². The van der Waals surface area contributed by atoms with Crippen molar-refractivity contribution in [3.8, 4) is 5.75 Å². The third-order valence-electron chi connectivity index (χ3n) is 5.12. The van der Waals surface area contributed by atoms with Crippen molar-refractivity contribution in [2.24, 2.45) is 0 Å². The van der Waals surface area contributed by atoms with E-state index in [2.05, 4.69) is 0 Å². The van der Waals surface area contributed by atoms with Gasteiger partial charge in [-0.15, -0.1) is 0 Å². The molecular formula is C21H28F3NO5. The van der Waals surface area contributed by atoms with Crippen molar-refractivity contribution in [2.45, 2.75) is 64.7 Å². The Bertz CT molecular complexity index is 749. The summed E-state index contributed by atoms with van der Waals surface area (Å²) >= 11 is 0. The quantitative estimate of drug-likeness (QED) is 0.459. The summed E-state index contributed by atoms with van der Waals surface area (Å²) in [7, 11) is 1.45. The molecule has 0 unspecified atom stereocenters. The number of amides is 1. The van der Waals surface area contributed by atoms with Crippen LogP contribution in [0.15, 0.2) is 12.1 Å². The Morgan fingerprint density at radius 2 is 1.70 bits per heavy atom. The van der Waals surface area contributed by atoms with Gasteiger partial charge in [0.05, 0.1) is 13.0 Å². The second kappa shape index (κ2) is 9.68. The molecular weight excluding hydrogens is 403 g/mol. The zero-order chi connectivity index (χ0) is 22.5. The maximum atomic E-state index is 12.7. The fraction of sp³-hybridized carbons (Fsp3) is 0.619. The number of ether oxygens (including phenoxy) is 2. The van der Waals surface area contributed by atoms with Gasteiger partial charge in [-0.3, -0.25) is 9.63 Å². The van der Waals surface area contributed by atoms with E-state index in [9.17, 15) is 22.8 Å². The van der Waals surface area contributed by atoms with Gasteiger partial charge in [0.25, 0.3) is 0 Å². The highest BCUT2D eigenvalue weighted by atomic mass is 19.4. The predicted molar refractivity (Wildman–Crippen MR) is 103 cm³/mol. The van der Waals surface area contributed by atoms with E-state index in [1.807, 2.05) is 0 Å². The molecule has 0 spiro atoms. The lowest BCUT2D eigenvalue weighted by molar-refractivity contribution is -0.237. The molecule has 168 valence electrons. The van der Waals surface area contributed by atoms with Crippen molar-refractivity contribution >= 4 is 11.9 Å². The van der Waals surface area contributed by atoms with Crippen molar-refractivity contribution in [1.82, 2.24) is 5.06 Å². The number of esters is 1. The number of benzene rings is 1. The zero-order valence-electron chi connectivity index (χ0n) is 17.7. The van der Waals surface area contributed by atoms with E-state index >= 15 is 0 Å². The number of carbonyl (C=O) groups excluding carboxylic acids is 2. The minimum atomic E-state index is -4.42. The summed E-state index contributed by atoms with van der Waals surface area (Å²) < 4.78 is 47.0. The Hall–Kier alpha value is -2.29. The first-order valence-corrected chi connectivity index (χ1v) is 9.90. The zero-order valence-corrected chi connectivity index (χ0v) is 17.7. The van der Waals surface area contributed by atoms with Crippen LogP contribution in [0.25, 0.3) is 0 Å². The smallest absolute Gasteiger partial charge is 0.422 e. The average molecular weight is 431 g/mol. The maximum absolute atomic E-state index is 12.7. The van der Waals surface area contributed by atoms with E-state index in [-0.39, 0.29) is 24.7 Å². The van der Waals surface area contributed by atoms with Crippen molar-refractivity contribution in [1.29, 1.82) is 0 Å². The maximum Gasteiger partial charge on any atom is 0.422 e. The van der Waals surface area contributed by atoms with Gasteiger partial charge in [-0.25, -0.2) is 9.86 Å². The summed E-state index contributed by atoms with van der Waals surface area (Å²) in [6.45, 7) is 3.96. The first-order chi connectivity index (χ1) is 14.0. The van der Waals surface area contributed by atoms with Crippen molar-refractivity contribution in [3.05, 3.63) is 28.8 Å². The number of alkyl halides is 3. The van der Waals surface area contributed by atoms with Crippen LogP contribution < -0.4 is 4.74 Å². The topological polar surface area (TPSA) is 65.1 Å². The first-order valence-electron chi connectivity index (χ1n) is 9.90. The summed E-state index contributed by atoms with van der Waals surface area (Å²) in [4.78, 5) is 30.9. The van der Waals surface area contributed by atoms with E-state index in [1.54, 1.807) is 20.8 Å². The van der Waals surface area contributed by atoms with E-state index in [1.165, 1.54) is 19.2 Å². The van der Waals surface area contributed by atoms with E-state index < -0.39 is 24.4 Å². The highest BCUT2D eigenvalue weighted by Gasteiger charge is 2.46. The van der Waals surface area contributed by atoms with Crippen LogP contribution in [0.1, 0.15) is 49.3 Å². The fourth-order valence-electron chi connectivity index (χ4n) is 3.60. The molecule has 30 heavy (non-hydrogen) atoms. The summed E-state index contributed by atoms with van der Waals surface area (Å²) in [5, 5.41) is 1.06. The lowest BCUT2D eigenvalue weighted by Gasteiger charge is -2.31. The second-order valence-electron chi connectivity index (χ2n) is 7.52. The Morgan fingerprint density at radius 1 is 1.13 bits per heavy atom. The molecule has 2 rings (SSSR count). The molecule has 1 aliphatic carbocycles. The number of halogens is 3. The fourth-order valence-corrected chi connectivity index (χ4v) is 3.60.